The highest BCUT2D eigenvalue weighted by atomic mass is 16.5. The zero-order valence-electron chi connectivity index (χ0n) is 11.2. The molecule has 0 amide bonds. The van der Waals surface area contributed by atoms with Crippen LogP contribution in [0, 0.1) is 0 Å². The van der Waals surface area contributed by atoms with E-state index in [1.54, 1.807) is 12.3 Å². The van der Waals surface area contributed by atoms with Gasteiger partial charge in [-0.2, -0.15) is 0 Å². The Hall–Kier alpha value is -2.16. The zero-order valence-corrected chi connectivity index (χ0v) is 11.2. The summed E-state index contributed by atoms with van der Waals surface area (Å²) in [5.41, 5.74) is 2.43. The number of pyridine rings is 1. The van der Waals surface area contributed by atoms with Crippen LogP contribution in [0.1, 0.15) is 41.4 Å². The van der Waals surface area contributed by atoms with Gasteiger partial charge in [-0.3, -0.25) is 4.98 Å². The second-order valence-electron chi connectivity index (χ2n) is 4.69. The summed E-state index contributed by atoms with van der Waals surface area (Å²) in [6.07, 6.45) is 1.57. The number of hydrogen-bond donors (Lipinski definition) is 0. The molecule has 0 aliphatic heterocycles. The number of ether oxygens (including phenoxy) is 1. The molecular formula is C16H17NO2. The van der Waals surface area contributed by atoms with Crippen LogP contribution in [-0.4, -0.2) is 11.0 Å². The van der Waals surface area contributed by atoms with E-state index in [1.807, 2.05) is 36.4 Å². The standard InChI is InChI=1S/C16H17NO2/c1-12(2)15-9-8-14(10-17-15)16(18)19-11-13-6-4-3-5-7-13/h3-10,12H,11H2,1-2H3. The van der Waals surface area contributed by atoms with Crippen molar-refractivity contribution in [1.29, 1.82) is 0 Å². The van der Waals surface area contributed by atoms with Gasteiger partial charge in [0.05, 0.1) is 5.56 Å². The number of benzene rings is 1. The van der Waals surface area contributed by atoms with E-state index in [-0.39, 0.29) is 12.6 Å². The van der Waals surface area contributed by atoms with E-state index in [0.29, 0.717) is 11.5 Å². The fraction of sp³-hybridized carbons (Fsp3) is 0.250. The zero-order chi connectivity index (χ0) is 13.7. The second-order valence-corrected chi connectivity index (χ2v) is 4.69. The van der Waals surface area contributed by atoms with E-state index >= 15 is 0 Å². The SMILES string of the molecule is CC(C)c1ccc(C(=O)OCc2ccccc2)cn1. The van der Waals surface area contributed by atoms with Crippen LogP contribution in [0.3, 0.4) is 0 Å². The van der Waals surface area contributed by atoms with Crippen molar-refractivity contribution in [2.45, 2.75) is 26.4 Å². The molecule has 1 aromatic carbocycles. The summed E-state index contributed by atoms with van der Waals surface area (Å²) in [5, 5.41) is 0. The third kappa shape index (κ3) is 3.65. The van der Waals surface area contributed by atoms with E-state index < -0.39 is 0 Å². The van der Waals surface area contributed by atoms with Crippen LogP contribution in [0.15, 0.2) is 48.7 Å². The monoisotopic (exact) mass is 255 g/mol. The Kier molecular flexibility index (Phi) is 4.29. The number of carbonyl (C=O) groups excluding carboxylic acids is 1. The van der Waals surface area contributed by atoms with Crippen molar-refractivity contribution < 1.29 is 9.53 Å². The van der Waals surface area contributed by atoms with Gasteiger partial charge < -0.3 is 4.74 Å². The van der Waals surface area contributed by atoms with Crippen LogP contribution < -0.4 is 0 Å². The predicted octanol–water partition coefficient (Wildman–Crippen LogP) is 3.56. The molecule has 3 nitrogen and oxygen atoms in total. The van der Waals surface area contributed by atoms with E-state index in [4.69, 9.17) is 4.74 Å². The highest BCUT2D eigenvalue weighted by Gasteiger charge is 2.09. The minimum atomic E-state index is -0.341. The summed E-state index contributed by atoms with van der Waals surface area (Å²) in [6, 6.07) is 13.2. The van der Waals surface area contributed by atoms with Gasteiger partial charge in [0.15, 0.2) is 0 Å². The summed E-state index contributed by atoms with van der Waals surface area (Å²) < 4.78 is 5.24. The molecule has 0 saturated heterocycles. The van der Waals surface area contributed by atoms with Gasteiger partial charge in [-0.05, 0) is 23.6 Å². The van der Waals surface area contributed by atoms with Gasteiger partial charge in [0.25, 0.3) is 0 Å². The Morgan fingerprint density at radius 1 is 1.16 bits per heavy atom. The van der Waals surface area contributed by atoms with Crippen molar-refractivity contribution in [3.63, 3.8) is 0 Å². The third-order valence-electron chi connectivity index (χ3n) is 2.83. The lowest BCUT2D eigenvalue weighted by molar-refractivity contribution is 0.0472. The Labute approximate surface area is 113 Å². The highest BCUT2D eigenvalue weighted by molar-refractivity contribution is 5.88. The highest BCUT2D eigenvalue weighted by Crippen LogP contribution is 2.12. The smallest absolute Gasteiger partial charge is 0.340 e. The van der Waals surface area contributed by atoms with Gasteiger partial charge in [0.1, 0.15) is 6.61 Å². The quantitative estimate of drug-likeness (QED) is 0.784. The summed E-state index contributed by atoms with van der Waals surface area (Å²) in [5.74, 6) is 0.0149. The Morgan fingerprint density at radius 2 is 1.89 bits per heavy atom. The van der Waals surface area contributed by atoms with Gasteiger partial charge >= 0.3 is 5.97 Å². The average molecular weight is 255 g/mol. The van der Waals surface area contributed by atoms with Crippen LogP contribution in [0.2, 0.25) is 0 Å². The minimum absolute atomic E-state index is 0.283. The van der Waals surface area contributed by atoms with Gasteiger partial charge in [0, 0.05) is 11.9 Å². The van der Waals surface area contributed by atoms with Crippen LogP contribution in [0.5, 0.6) is 0 Å². The van der Waals surface area contributed by atoms with E-state index in [0.717, 1.165) is 11.3 Å². The molecule has 0 spiro atoms. The number of aromatic nitrogens is 1. The average Bonchev–Trinajstić information content (AvgIpc) is 2.46. The van der Waals surface area contributed by atoms with Crippen LogP contribution in [0.25, 0.3) is 0 Å². The lowest BCUT2D eigenvalue weighted by Crippen LogP contribution is -2.06. The number of carbonyl (C=O) groups is 1. The maximum Gasteiger partial charge on any atom is 0.340 e. The maximum absolute atomic E-state index is 11.8. The van der Waals surface area contributed by atoms with Crippen molar-refractivity contribution in [3.05, 3.63) is 65.5 Å². The van der Waals surface area contributed by atoms with Crippen LogP contribution >= 0.6 is 0 Å². The van der Waals surface area contributed by atoms with Crippen molar-refractivity contribution in [2.75, 3.05) is 0 Å². The lowest BCUT2D eigenvalue weighted by atomic mass is 10.1. The molecule has 3 heteroatoms. The van der Waals surface area contributed by atoms with Crippen LogP contribution in [-0.2, 0) is 11.3 Å². The molecular weight excluding hydrogens is 238 g/mol. The first-order valence-electron chi connectivity index (χ1n) is 6.34. The molecule has 0 aliphatic rings. The Morgan fingerprint density at radius 3 is 2.47 bits per heavy atom. The van der Waals surface area contributed by atoms with Crippen molar-refractivity contribution in [1.82, 2.24) is 4.98 Å². The van der Waals surface area contributed by atoms with Crippen molar-refractivity contribution in [2.24, 2.45) is 0 Å². The fourth-order valence-corrected chi connectivity index (χ4v) is 1.67. The van der Waals surface area contributed by atoms with Gasteiger partial charge in [-0.25, -0.2) is 4.79 Å². The molecule has 0 unspecified atom stereocenters. The van der Waals surface area contributed by atoms with Gasteiger partial charge in [0.2, 0.25) is 0 Å². The summed E-state index contributed by atoms with van der Waals surface area (Å²) in [4.78, 5) is 16.1. The Balaban J connectivity index is 1.96. The molecule has 0 N–H and O–H groups in total. The van der Waals surface area contributed by atoms with E-state index in [9.17, 15) is 4.79 Å². The molecule has 2 rings (SSSR count). The third-order valence-corrected chi connectivity index (χ3v) is 2.83. The summed E-state index contributed by atoms with van der Waals surface area (Å²) >= 11 is 0. The van der Waals surface area contributed by atoms with Crippen molar-refractivity contribution in [3.8, 4) is 0 Å². The molecule has 0 atom stereocenters. The maximum atomic E-state index is 11.8. The first-order valence-corrected chi connectivity index (χ1v) is 6.34. The molecule has 1 aromatic heterocycles. The normalized spacial score (nSPS) is 10.5. The minimum Gasteiger partial charge on any atom is -0.457 e. The van der Waals surface area contributed by atoms with Crippen LogP contribution in [0.4, 0.5) is 0 Å². The Bertz CT molecular complexity index is 532. The fourth-order valence-electron chi connectivity index (χ4n) is 1.67. The molecule has 0 saturated carbocycles. The molecule has 98 valence electrons. The molecule has 19 heavy (non-hydrogen) atoms. The molecule has 1 heterocycles. The largest absolute Gasteiger partial charge is 0.457 e. The van der Waals surface area contributed by atoms with E-state index in [1.165, 1.54) is 0 Å². The molecule has 0 bridgehead atoms. The summed E-state index contributed by atoms with van der Waals surface area (Å²) in [6.45, 7) is 4.41. The molecule has 0 radical (unpaired) electrons. The van der Waals surface area contributed by atoms with E-state index in [2.05, 4.69) is 18.8 Å². The van der Waals surface area contributed by atoms with Crippen molar-refractivity contribution >= 4 is 5.97 Å². The number of nitrogens with zero attached hydrogens (tertiary/aromatic N) is 1. The van der Waals surface area contributed by atoms with Gasteiger partial charge in [-0.1, -0.05) is 44.2 Å². The first kappa shape index (κ1) is 13.3. The summed E-state index contributed by atoms with van der Waals surface area (Å²) in [7, 11) is 0. The molecule has 0 fully saturated rings. The molecule has 2 aromatic rings. The number of hydrogen-bond acceptors (Lipinski definition) is 3. The first-order chi connectivity index (χ1) is 9.16. The molecule has 0 aliphatic carbocycles. The lowest BCUT2D eigenvalue weighted by Gasteiger charge is -2.07. The van der Waals surface area contributed by atoms with Gasteiger partial charge in [-0.15, -0.1) is 0 Å². The second kappa shape index (κ2) is 6.14. The number of esters is 1. The predicted molar refractivity (Wildman–Crippen MR) is 73.9 cm³/mol. The topological polar surface area (TPSA) is 39.2 Å². The number of rotatable bonds is 4.